The van der Waals surface area contributed by atoms with Crippen LogP contribution in [0.25, 0.3) is 0 Å². The molecule has 3 heteroatoms. The third kappa shape index (κ3) is 3.54. The molecule has 96 valence electrons. The zero-order chi connectivity index (χ0) is 13.0. The van der Waals surface area contributed by atoms with Crippen molar-refractivity contribution in [3.8, 4) is 0 Å². The fourth-order valence-corrected chi connectivity index (χ4v) is 2.56. The fraction of sp³-hybridized carbons (Fsp3) is 0.571. The maximum Gasteiger partial charge on any atom is 0.0481 e. The van der Waals surface area contributed by atoms with E-state index >= 15 is 0 Å². The molecule has 1 rings (SSSR count). The predicted octanol–water partition coefficient (Wildman–Crippen LogP) is 3.43. The summed E-state index contributed by atoms with van der Waals surface area (Å²) in [6.07, 6.45) is 0. The third-order valence-corrected chi connectivity index (χ3v) is 4.31. The van der Waals surface area contributed by atoms with Crippen molar-refractivity contribution in [2.24, 2.45) is 11.7 Å². The van der Waals surface area contributed by atoms with E-state index in [4.69, 9.17) is 5.73 Å². The smallest absolute Gasteiger partial charge is 0.0481 e. The van der Waals surface area contributed by atoms with E-state index < -0.39 is 0 Å². The minimum Gasteiger partial charge on any atom is -0.329 e. The molecule has 2 unspecified atom stereocenters. The lowest BCUT2D eigenvalue weighted by Crippen LogP contribution is -2.39. The molecule has 0 saturated heterocycles. The van der Waals surface area contributed by atoms with Crippen LogP contribution in [0.15, 0.2) is 28.7 Å². The molecule has 0 aliphatic rings. The van der Waals surface area contributed by atoms with Crippen molar-refractivity contribution in [1.29, 1.82) is 0 Å². The van der Waals surface area contributed by atoms with Gasteiger partial charge in [-0.25, -0.2) is 0 Å². The van der Waals surface area contributed by atoms with E-state index in [1.54, 1.807) is 0 Å². The van der Waals surface area contributed by atoms with Crippen LogP contribution in [0, 0.1) is 5.92 Å². The summed E-state index contributed by atoms with van der Waals surface area (Å²) in [4.78, 5) is 2.37. The molecule has 0 bridgehead atoms. The zero-order valence-electron chi connectivity index (χ0n) is 11.2. The second-order valence-corrected chi connectivity index (χ2v) is 5.78. The Morgan fingerprint density at radius 1 is 1.24 bits per heavy atom. The van der Waals surface area contributed by atoms with Gasteiger partial charge in [0, 0.05) is 23.1 Å². The van der Waals surface area contributed by atoms with E-state index in [-0.39, 0.29) is 6.04 Å². The van der Waals surface area contributed by atoms with Crippen LogP contribution >= 0.6 is 15.9 Å². The number of nitrogens with zero attached hydrogens (tertiary/aromatic N) is 1. The zero-order valence-corrected chi connectivity index (χ0v) is 12.7. The van der Waals surface area contributed by atoms with Gasteiger partial charge in [0.05, 0.1) is 0 Å². The summed E-state index contributed by atoms with van der Waals surface area (Å²) in [5.74, 6) is 0.622. The second kappa shape index (κ2) is 6.53. The van der Waals surface area contributed by atoms with Crippen LogP contribution in [0.4, 0.5) is 0 Å². The van der Waals surface area contributed by atoms with Crippen molar-refractivity contribution in [3.05, 3.63) is 34.3 Å². The normalized spacial score (nSPS) is 15.3. The summed E-state index contributed by atoms with van der Waals surface area (Å²) >= 11 is 3.61. The highest BCUT2D eigenvalue weighted by Crippen LogP contribution is 2.28. The molecular weight excluding hydrogens is 276 g/mol. The predicted molar refractivity (Wildman–Crippen MR) is 78.0 cm³/mol. The molecule has 0 amide bonds. The molecule has 0 aliphatic heterocycles. The lowest BCUT2D eigenvalue weighted by molar-refractivity contribution is 0.151. The number of likely N-dealkylation sites (N-methyl/N-ethyl adjacent to an activating group) is 1. The Balaban J connectivity index is 2.96. The number of benzene rings is 1. The molecule has 0 heterocycles. The summed E-state index contributed by atoms with van der Waals surface area (Å²) in [5, 5.41) is 0. The fourth-order valence-electron chi connectivity index (χ4n) is 2.01. The minimum atomic E-state index is 0.267. The van der Waals surface area contributed by atoms with Crippen molar-refractivity contribution in [2.75, 3.05) is 13.6 Å². The molecule has 0 aromatic heterocycles. The third-order valence-electron chi connectivity index (χ3n) is 3.59. The second-order valence-electron chi connectivity index (χ2n) is 4.92. The average Bonchev–Trinajstić information content (AvgIpc) is 2.31. The van der Waals surface area contributed by atoms with Crippen LogP contribution in [-0.2, 0) is 0 Å². The average molecular weight is 299 g/mol. The van der Waals surface area contributed by atoms with E-state index in [2.05, 4.69) is 66.8 Å². The van der Waals surface area contributed by atoms with Gasteiger partial charge in [0.2, 0.25) is 0 Å². The summed E-state index contributed by atoms with van der Waals surface area (Å²) in [6, 6.07) is 9.10. The number of halogens is 1. The van der Waals surface area contributed by atoms with E-state index in [9.17, 15) is 0 Å². The molecule has 1 aromatic carbocycles. The lowest BCUT2D eigenvalue weighted by Gasteiger charge is -2.35. The molecule has 0 aliphatic carbocycles. The summed E-state index contributed by atoms with van der Waals surface area (Å²) in [7, 11) is 2.15. The van der Waals surface area contributed by atoms with Gasteiger partial charge in [0.15, 0.2) is 0 Å². The van der Waals surface area contributed by atoms with Crippen LogP contribution in [0.3, 0.4) is 0 Å². The molecule has 1 aromatic rings. The Morgan fingerprint density at radius 2 is 1.82 bits per heavy atom. The van der Waals surface area contributed by atoms with Crippen molar-refractivity contribution < 1.29 is 0 Å². The number of nitrogens with two attached hydrogens (primary N) is 1. The molecule has 2 nitrogen and oxygen atoms in total. The highest BCUT2D eigenvalue weighted by molar-refractivity contribution is 9.10. The van der Waals surface area contributed by atoms with E-state index in [1.165, 1.54) is 5.56 Å². The van der Waals surface area contributed by atoms with Crippen LogP contribution in [0.1, 0.15) is 32.4 Å². The van der Waals surface area contributed by atoms with Crippen LogP contribution in [0.2, 0.25) is 0 Å². The van der Waals surface area contributed by atoms with Gasteiger partial charge in [-0.15, -0.1) is 0 Å². The Kier molecular flexibility index (Phi) is 5.63. The minimum absolute atomic E-state index is 0.267. The van der Waals surface area contributed by atoms with Gasteiger partial charge in [-0.3, -0.25) is 4.90 Å². The molecule has 17 heavy (non-hydrogen) atoms. The molecule has 0 spiro atoms. The molecule has 2 N–H and O–H groups in total. The molecule has 0 radical (unpaired) electrons. The van der Waals surface area contributed by atoms with Gasteiger partial charge in [-0.1, -0.05) is 48.0 Å². The van der Waals surface area contributed by atoms with Gasteiger partial charge in [-0.05, 0) is 31.5 Å². The summed E-state index contributed by atoms with van der Waals surface area (Å²) in [5.41, 5.74) is 7.22. The first-order valence-corrected chi connectivity index (χ1v) is 6.94. The lowest BCUT2D eigenvalue weighted by atomic mass is 9.99. The molecule has 0 saturated carbocycles. The highest BCUT2D eigenvalue weighted by Gasteiger charge is 2.23. The van der Waals surface area contributed by atoms with Crippen LogP contribution in [-0.4, -0.2) is 24.5 Å². The van der Waals surface area contributed by atoms with Crippen molar-refractivity contribution in [2.45, 2.75) is 32.9 Å². The van der Waals surface area contributed by atoms with Crippen LogP contribution < -0.4 is 5.73 Å². The SMILES string of the molecule is CC(C)C(C)N(C)C(CN)c1ccccc1Br. The first kappa shape index (κ1) is 14.7. The Morgan fingerprint density at radius 3 is 2.29 bits per heavy atom. The van der Waals surface area contributed by atoms with Gasteiger partial charge in [0.1, 0.15) is 0 Å². The van der Waals surface area contributed by atoms with Crippen molar-refractivity contribution >= 4 is 15.9 Å². The van der Waals surface area contributed by atoms with E-state index in [1.807, 2.05) is 6.07 Å². The van der Waals surface area contributed by atoms with Gasteiger partial charge in [0.25, 0.3) is 0 Å². The number of rotatable bonds is 5. The topological polar surface area (TPSA) is 29.3 Å². The van der Waals surface area contributed by atoms with Gasteiger partial charge in [-0.2, -0.15) is 0 Å². The van der Waals surface area contributed by atoms with E-state index in [0.29, 0.717) is 18.5 Å². The Labute approximate surface area is 113 Å². The first-order valence-electron chi connectivity index (χ1n) is 6.15. The number of hydrogen-bond donors (Lipinski definition) is 1. The van der Waals surface area contributed by atoms with Gasteiger partial charge < -0.3 is 5.73 Å². The maximum atomic E-state index is 5.95. The summed E-state index contributed by atoms with van der Waals surface area (Å²) < 4.78 is 1.14. The standard InChI is InChI=1S/C14H23BrN2/c1-10(2)11(3)17(4)14(9-16)12-7-5-6-8-13(12)15/h5-8,10-11,14H,9,16H2,1-4H3. The monoisotopic (exact) mass is 298 g/mol. The Hall–Kier alpha value is -0.380. The molecular formula is C14H23BrN2. The first-order chi connectivity index (χ1) is 7.99. The van der Waals surface area contributed by atoms with E-state index in [0.717, 1.165) is 4.47 Å². The largest absolute Gasteiger partial charge is 0.329 e. The van der Waals surface area contributed by atoms with Gasteiger partial charge >= 0.3 is 0 Å². The maximum absolute atomic E-state index is 5.95. The summed E-state index contributed by atoms with van der Waals surface area (Å²) in [6.45, 7) is 7.38. The van der Waals surface area contributed by atoms with Crippen LogP contribution in [0.5, 0.6) is 0 Å². The highest BCUT2D eigenvalue weighted by atomic mass is 79.9. The molecule has 0 fully saturated rings. The Bertz CT molecular complexity index is 352. The molecule has 2 atom stereocenters. The van der Waals surface area contributed by atoms with Crippen molar-refractivity contribution in [3.63, 3.8) is 0 Å². The quantitative estimate of drug-likeness (QED) is 0.902. The van der Waals surface area contributed by atoms with Crippen molar-refractivity contribution in [1.82, 2.24) is 4.90 Å². The number of hydrogen-bond acceptors (Lipinski definition) is 2.